The summed E-state index contributed by atoms with van der Waals surface area (Å²) in [5.41, 5.74) is 0. The van der Waals surface area contributed by atoms with Gasteiger partial charge in [-0.3, -0.25) is 0 Å². The highest BCUT2D eigenvalue weighted by Crippen LogP contribution is 2.17. The third kappa shape index (κ3) is 71.6. The lowest BCUT2D eigenvalue weighted by Gasteiger charge is -2.16. The highest BCUT2D eigenvalue weighted by atomic mass is 16.6. The number of esters is 2. The number of hydrogen-bond donors (Lipinski definition) is 4. The molecule has 2 unspecified atom stereocenters. The molecule has 0 heterocycles. The van der Waals surface area contributed by atoms with E-state index in [1.807, 2.05) is 0 Å². The van der Waals surface area contributed by atoms with Crippen molar-refractivity contribution in [3.63, 3.8) is 0 Å². The van der Waals surface area contributed by atoms with Gasteiger partial charge in [-0.25, -0.2) is 19.2 Å². The fourth-order valence-corrected chi connectivity index (χ4v) is 6.19. The highest BCUT2D eigenvalue weighted by Gasteiger charge is 2.11. The maximum atomic E-state index is 10.8. The average molecular weight is 871 g/mol. The summed E-state index contributed by atoms with van der Waals surface area (Å²) < 4.78 is 15.0. The van der Waals surface area contributed by atoms with Gasteiger partial charge in [0.15, 0.2) is 0 Å². The number of hydrogen-bond acceptors (Lipinski definition) is 9. The minimum absolute atomic E-state index is 0.132. The van der Waals surface area contributed by atoms with Crippen molar-refractivity contribution in [1.29, 1.82) is 0 Å². The first kappa shape index (κ1) is 66.8. The van der Waals surface area contributed by atoms with Gasteiger partial charge in [0.1, 0.15) is 12.7 Å². The Morgan fingerprint density at radius 2 is 0.590 bits per heavy atom. The van der Waals surface area contributed by atoms with Gasteiger partial charge in [-0.05, 0) is 13.8 Å². The van der Waals surface area contributed by atoms with Crippen molar-refractivity contribution >= 4 is 23.9 Å². The molecule has 3 saturated carbocycles. The number of ether oxygens (including phenoxy) is 3. The first-order valence-corrected chi connectivity index (χ1v) is 23.4. The molecule has 0 aromatic rings. The van der Waals surface area contributed by atoms with E-state index in [9.17, 15) is 19.2 Å². The van der Waals surface area contributed by atoms with Gasteiger partial charge in [-0.1, -0.05) is 219 Å². The lowest BCUT2D eigenvalue weighted by atomic mass is 10.0. The van der Waals surface area contributed by atoms with Crippen LogP contribution in [0.15, 0.2) is 50.6 Å². The molecule has 3 aliphatic carbocycles. The van der Waals surface area contributed by atoms with Crippen LogP contribution in [0.1, 0.15) is 206 Å². The predicted molar refractivity (Wildman–Crippen MR) is 253 cm³/mol. The maximum absolute atomic E-state index is 10.8. The van der Waals surface area contributed by atoms with Crippen molar-refractivity contribution in [2.75, 3.05) is 27.4 Å². The monoisotopic (exact) mass is 871 g/mol. The molecular weight excluding hydrogens is 777 g/mol. The van der Waals surface area contributed by atoms with E-state index in [1.165, 1.54) is 193 Å². The number of aliphatic hydroxyl groups is 2. The molecule has 2 atom stereocenters. The lowest BCUT2D eigenvalue weighted by molar-refractivity contribution is -0.148. The van der Waals surface area contributed by atoms with Crippen LogP contribution in [-0.2, 0) is 33.4 Å². The molecule has 3 aliphatic rings. The zero-order valence-electron chi connectivity index (χ0n) is 39.6. The average Bonchev–Trinajstić information content (AvgIpc) is 3.30. The third-order valence-corrected chi connectivity index (χ3v) is 9.58. The van der Waals surface area contributed by atoms with Gasteiger partial charge in [-0.15, -0.1) is 0 Å². The molecule has 11 nitrogen and oxygen atoms in total. The van der Waals surface area contributed by atoms with Gasteiger partial charge in [0.25, 0.3) is 0 Å². The summed E-state index contributed by atoms with van der Waals surface area (Å²) in [6.45, 7) is 16.3. The van der Waals surface area contributed by atoms with Crippen LogP contribution in [0.2, 0.25) is 0 Å². The first-order valence-electron chi connectivity index (χ1n) is 23.4. The fourth-order valence-electron chi connectivity index (χ4n) is 6.19. The number of carboxylic acid groups (broad SMARTS) is 2. The van der Waals surface area contributed by atoms with E-state index in [0.717, 1.165) is 38.5 Å². The molecular formula is C50H94O11. The molecule has 0 aliphatic heterocycles. The second kappa shape index (κ2) is 61.0. The van der Waals surface area contributed by atoms with Gasteiger partial charge in [0, 0.05) is 38.5 Å². The summed E-state index contributed by atoms with van der Waals surface area (Å²) in [4.78, 5) is 40.1. The zero-order chi connectivity index (χ0) is 47.0. The van der Waals surface area contributed by atoms with Crippen LogP contribution in [0.3, 0.4) is 0 Å². The molecule has 0 amide bonds. The van der Waals surface area contributed by atoms with Crippen LogP contribution in [0.5, 0.6) is 0 Å². The van der Waals surface area contributed by atoms with E-state index in [2.05, 4.69) is 26.3 Å². The molecule has 0 radical (unpaired) electrons. The normalized spacial score (nSPS) is 16.8. The quantitative estimate of drug-likeness (QED) is 0.121. The van der Waals surface area contributed by atoms with Crippen LogP contribution < -0.4 is 0 Å². The molecule has 0 saturated heterocycles. The SMILES string of the molecule is C1CCCCCCCCC1.C1CCCCCCCCC1.C1CCCCCCCCC1.C=CC(=O)O.C=CC(=O)O.C=CC(=O)OCC(C)OCC(C)OC(=O)C=C.CO.CO. The molecule has 0 aromatic heterocycles. The summed E-state index contributed by atoms with van der Waals surface area (Å²) >= 11 is 0. The molecule has 4 N–H and O–H groups in total. The Balaban J connectivity index is -0.000000211. The smallest absolute Gasteiger partial charge is 0.330 e. The Morgan fingerprint density at radius 3 is 0.754 bits per heavy atom. The summed E-state index contributed by atoms with van der Waals surface area (Å²) in [7, 11) is 2.00. The third-order valence-electron chi connectivity index (χ3n) is 9.58. The van der Waals surface area contributed by atoms with Crippen LogP contribution in [0.25, 0.3) is 0 Å². The van der Waals surface area contributed by atoms with E-state index in [4.69, 9.17) is 34.6 Å². The molecule has 3 rings (SSSR count). The second-order valence-electron chi connectivity index (χ2n) is 15.1. The van der Waals surface area contributed by atoms with Crippen molar-refractivity contribution in [2.24, 2.45) is 0 Å². The minimum atomic E-state index is -0.981. The summed E-state index contributed by atoms with van der Waals surface area (Å²) in [5.74, 6) is -2.95. The van der Waals surface area contributed by atoms with Crippen molar-refractivity contribution in [2.45, 2.75) is 219 Å². The van der Waals surface area contributed by atoms with Gasteiger partial charge >= 0.3 is 23.9 Å². The Hall–Kier alpha value is -3.28. The number of aliphatic hydroxyl groups excluding tert-OH is 2. The van der Waals surface area contributed by atoms with E-state index in [-0.39, 0.29) is 25.4 Å². The Labute approximate surface area is 373 Å². The summed E-state index contributed by atoms with van der Waals surface area (Å²) in [6, 6.07) is 0. The van der Waals surface area contributed by atoms with E-state index in [1.54, 1.807) is 13.8 Å². The van der Waals surface area contributed by atoms with E-state index in [0.29, 0.717) is 0 Å². The number of carbonyl (C=O) groups excluding carboxylic acids is 2. The van der Waals surface area contributed by atoms with Crippen LogP contribution in [-0.4, -0.2) is 83.9 Å². The second-order valence-corrected chi connectivity index (χ2v) is 15.1. The molecule has 0 bridgehead atoms. The van der Waals surface area contributed by atoms with E-state index < -0.39 is 23.9 Å². The van der Waals surface area contributed by atoms with Gasteiger partial charge in [-0.2, -0.15) is 0 Å². The number of carbonyl (C=O) groups is 4. The maximum Gasteiger partial charge on any atom is 0.330 e. The Morgan fingerprint density at radius 1 is 0.393 bits per heavy atom. The van der Waals surface area contributed by atoms with E-state index >= 15 is 0 Å². The Kier molecular flexibility index (Phi) is 66.8. The van der Waals surface area contributed by atoms with Crippen LogP contribution >= 0.6 is 0 Å². The fraction of sp³-hybridized carbons (Fsp3) is 0.760. The summed E-state index contributed by atoms with van der Waals surface area (Å²) in [5, 5.41) is 29.2. The predicted octanol–water partition coefficient (Wildman–Crippen LogP) is 12.7. The largest absolute Gasteiger partial charge is 0.478 e. The topological polar surface area (TPSA) is 177 Å². The van der Waals surface area contributed by atoms with Crippen molar-refractivity contribution < 1.29 is 53.8 Å². The molecule has 0 spiro atoms. The molecule has 0 aromatic carbocycles. The van der Waals surface area contributed by atoms with Gasteiger partial charge in [0.2, 0.25) is 0 Å². The van der Waals surface area contributed by atoms with Crippen molar-refractivity contribution in [3.05, 3.63) is 50.6 Å². The van der Waals surface area contributed by atoms with Crippen molar-refractivity contribution in [1.82, 2.24) is 0 Å². The van der Waals surface area contributed by atoms with Crippen molar-refractivity contribution in [3.8, 4) is 0 Å². The van der Waals surface area contributed by atoms with Crippen LogP contribution in [0, 0.1) is 0 Å². The van der Waals surface area contributed by atoms with Gasteiger partial charge < -0.3 is 34.6 Å². The molecule has 11 heteroatoms. The molecule has 3 fully saturated rings. The zero-order valence-corrected chi connectivity index (χ0v) is 39.6. The number of carboxylic acids is 2. The van der Waals surface area contributed by atoms with Gasteiger partial charge in [0.05, 0.1) is 12.7 Å². The summed E-state index contributed by atoms with van der Waals surface area (Å²) in [6.07, 6.45) is 48.2. The minimum Gasteiger partial charge on any atom is -0.478 e. The Bertz CT molecular complexity index is 817. The molecule has 61 heavy (non-hydrogen) atoms. The van der Waals surface area contributed by atoms with Crippen LogP contribution in [0.4, 0.5) is 0 Å². The number of aliphatic carboxylic acids is 2. The number of rotatable bonds is 10. The molecule has 360 valence electrons. The first-order chi connectivity index (χ1) is 29.5. The highest BCUT2D eigenvalue weighted by molar-refractivity contribution is 5.81. The standard InChI is InChI=1S/C12H18O5.3C10H20.2C3H4O2.2CH4O/c1-5-11(13)16-7-9(3)15-8-10(4)17-12(14)6-2;3*1-2-4-6-8-10-9-7-5-3-1;2*1-2-3(4)5;2*1-2/h5-6,9-10H,1-2,7-8H2,3-4H3;3*1-10H2;2*2H,1H2,(H,4,5);2*2H,1H3. The lowest BCUT2D eigenvalue weighted by Crippen LogP contribution is -2.25.